The van der Waals surface area contributed by atoms with Gasteiger partial charge in [0.2, 0.25) is 11.7 Å². The normalized spacial score (nSPS) is 21.6. The summed E-state index contributed by atoms with van der Waals surface area (Å²) in [5.74, 6) is -4.95. The molecule has 30 heavy (non-hydrogen) atoms. The van der Waals surface area contributed by atoms with Gasteiger partial charge in [-0.2, -0.15) is 13.2 Å². The Labute approximate surface area is 166 Å². The first-order valence-electron chi connectivity index (χ1n) is 9.26. The van der Waals surface area contributed by atoms with Crippen molar-refractivity contribution >= 4 is 5.91 Å². The second-order valence-electron chi connectivity index (χ2n) is 7.56. The van der Waals surface area contributed by atoms with Crippen molar-refractivity contribution in [1.82, 2.24) is 19.7 Å². The SMILES string of the molecule is NC(CC(=O)N1[C@@H]2CC[C@H]1c1nnc(C(F)(F)F)n1C2)Cc1cc(F)c(F)cc1F. The Kier molecular flexibility index (Phi) is 4.99. The maximum atomic E-state index is 13.8. The smallest absolute Gasteiger partial charge is 0.328 e. The third-order valence-electron chi connectivity index (χ3n) is 5.52. The van der Waals surface area contributed by atoms with Crippen LogP contribution in [0.1, 0.15) is 42.5 Å². The summed E-state index contributed by atoms with van der Waals surface area (Å²) < 4.78 is 80.5. The molecule has 1 aromatic carbocycles. The van der Waals surface area contributed by atoms with Crippen molar-refractivity contribution < 1.29 is 31.1 Å². The molecule has 12 heteroatoms. The number of hydrogen-bond donors (Lipinski definition) is 1. The number of halogens is 6. The number of carbonyl (C=O) groups excluding carboxylic acids is 1. The molecule has 2 aromatic rings. The molecule has 0 radical (unpaired) electrons. The number of hydrogen-bond acceptors (Lipinski definition) is 4. The lowest BCUT2D eigenvalue weighted by molar-refractivity contribution is -0.148. The summed E-state index contributed by atoms with van der Waals surface area (Å²) in [7, 11) is 0. The molecule has 1 aromatic heterocycles. The molecule has 0 saturated carbocycles. The van der Waals surface area contributed by atoms with Gasteiger partial charge < -0.3 is 15.2 Å². The monoisotopic (exact) mass is 433 g/mol. The van der Waals surface area contributed by atoms with Crippen LogP contribution in [0.15, 0.2) is 12.1 Å². The summed E-state index contributed by atoms with van der Waals surface area (Å²) >= 11 is 0. The number of fused-ring (bicyclic) bond motifs is 4. The first-order chi connectivity index (χ1) is 14.1. The van der Waals surface area contributed by atoms with Gasteiger partial charge in [-0.1, -0.05) is 0 Å². The van der Waals surface area contributed by atoms with Crippen LogP contribution in [0.5, 0.6) is 0 Å². The molecule has 162 valence electrons. The zero-order valence-electron chi connectivity index (χ0n) is 15.5. The van der Waals surface area contributed by atoms with Crippen molar-refractivity contribution in [2.45, 2.75) is 56.5 Å². The van der Waals surface area contributed by atoms with Gasteiger partial charge in [0.15, 0.2) is 17.5 Å². The van der Waals surface area contributed by atoms with Crippen molar-refractivity contribution in [2.24, 2.45) is 5.73 Å². The lowest BCUT2D eigenvalue weighted by Gasteiger charge is -2.36. The van der Waals surface area contributed by atoms with Crippen LogP contribution >= 0.6 is 0 Å². The molecule has 0 spiro atoms. The Morgan fingerprint density at radius 2 is 1.83 bits per heavy atom. The molecule has 2 N–H and O–H groups in total. The van der Waals surface area contributed by atoms with Gasteiger partial charge in [-0.3, -0.25) is 4.79 Å². The third kappa shape index (κ3) is 3.53. The number of amides is 1. The van der Waals surface area contributed by atoms with Crippen LogP contribution < -0.4 is 5.73 Å². The molecular formula is C18H17F6N5O. The van der Waals surface area contributed by atoms with Crippen LogP contribution in [-0.2, 0) is 23.9 Å². The summed E-state index contributed by atoms with van der Waals surface area (Å²) in [6.45, 7) is -0.0769. The molecular weight excluding hydrogens is 416 g/mol. The van der Waals surface area contributed by atoms with Crippen molar-refractivity contribution in [2.75, 3.05) is 0 Å². The predicted octanol–water partition coefficient (Wildman–Crippen LogP) is 2.72. The maximum absolute atomic E-state index is 13.8. The fraction of sp³-hybridized carbons (Fsp3) is 0.500. The number of carbonyl (C=O) groups is 1. The molecule has 3 heterocycles. The highest BCUT2D eigenvalue weighted by molar-refractivity contribution is 5.78. The fourth-order valence-corrected chi connectivity index (χ4v) is 4.26. The van der Waals surface area contributed by atoms with E-state index in [1.807, 2.05) is 0 Å². The van der Waals surface area contributed by atoms with Gasteiger partial charge in [0.1, 0.15) is 5.82 Å². The van der Waals surface area contributed by atoms with Gasteiger partial charge in [-0.25, -0.2) is 13.2 Å². The fourth-order valence-electron chi connectivity index (χ4n) is 4.26. The van der Waals surface area contributed by atoms with Crippen molar-refractivity contribution in [1.29, 1.82) is 0 Å². The van der Waals surface area contributed by atoms with Crippen molar-refractivity contribution in [3.05, 3.63) is 46.8 Å². The quantitative estimate of drug-likeness (QED) is 0.594. The topological polar surface area (TPSA) is 77.0 Å². The van der Waals surface area contributed by atoms with E-state index in [1.54, 1.807) is 0 Å². The zero-order chi connectivity index (χ0) is 21.8. The number of aromatic nitrogens is 3. The third-order valence-corrected chi connectivity index (χ3v) is 5.52. The largest absolute Gasteiger partial charge is 0.451 e. The highest BCUT2D eigenvalue weighted by atomic mass is 19.4. The molecule has 1 amide bonds. The molecule has 2 aliphatic heterocycles. The summed E-state index contributed by atoms with van der Waals surface area (Å²) in [6.07, 6.45) is -4.13. The van der Waals surface area contributed by atoms with E-state index >= 15 is 0 Å². The number of nitrogens with zero attached hydrogens (tertiary/aromatic N) is 4. The van der Waals surface area contributed by atoms with Crippen LogP contribution in [0.2, 0.25) is 0 Å². The van der Waals surface area contributed by atoms with Crippen molar-refractivity contribution in [3.8, 4) is 0 Å². The summed E-state index contributed by atoms with van der Waals surface area (Å²) in [6, 6.07) is -0.885. The van der Waals surface area contributed by atoms with E-state index in [1.165, 1.54) is 4.90 Å². The highest BCUT2D eigenvalue weighted by Gasteiger charge is 2.48. The van der Waals surface area contributed by atoms with E-state index in [-0.39, 0.29) is 30.8 Å². The van der Waals surface area contributed by atoms with E-state index in [0.717, 1.165) is 4.57 Å². The molecule has 1 saturated heterocycles. The van der Waals surface area contributed by atoms with Crippen LogP contribution in [0, 0.1) is 17.5 Å². The van der Waals surface area contributed by atoms with Gasteiger partial charge in [-0.15, -0.1) is 10.2 Å². The number of nitrogens with two attached hydrogens (primary N) is 1. The Balaban J connectivity index is 1.48. The van der Waals surface area contributed by atoms with Crippen LogP contribution in [0.25, 0.3) is 0 Å². The minimum Gasteiger partial charge on any atom is -0.328 e. The van der Waals surface area contributed by atoms with Crippen LogP contribution in [0.4, 0.5) is 26.3 Å². The Bertz CT molecular complexity index is 990. The average Bonchev–Trinajstić information content (AvgIpc) is 3.21. The van der Waals surface area contributed by atoms with Crippen LogP contribution in [0.3, 0.4) is 0 Å². The molecule has 6 nitrogen and oxygen atoms in total. The van der Waals surface area contributed by atoms with E-state index in [4.69, 9.17) is 5.73 Å². The van der Waals surface area contributed by atoms with E-state index in [0.29, 0.717) is 25.0 Å². The Morgan fingerprint density at radius 1 is 1.13 bits per heavy atom. The van der Waals surface area contributed by atoms with Gasteiger partial charge >= 0.3 is 6.18 Å². The molecule has 2 bridgehead atoms. The van der Waals surface area contributed by atoms with E-state index in [9.17, 15) is 31.1 Å². The summed E-state index contributed by atoms with van der Waals surface area (Å²) in [5.41, 5.74) is 5.76. The number of alkyl halides is 3. The lowest BCUT2D eigenvalue weighted by Crippen LogP contribution is -2.46. The maximum Gasteiger partial charge on any atom is 0.451 e. The summed E-state index contributed by atoms with van der Waals surface area (Å²) in [5, 5.41) is 6.89. The van der Waals surface area contributed by atoms with Gasteiger partial charge in [0.05, 0.1) is 12.1 Å². The lowest BCUT2D eigenvalue weighted by atomic mass is 10.0. The van der Waals surface area contributed by atoms with E-state index in [2.05, 4.69) is 10.2 Å². The molecule has 0 aliphatic carbocycles. The van der Waals surface area contributed by atoms with Gasteiger partial charge in [-0.05, 0) is 30.9 Å². The first kappa shape index (κ1) is 20.6. The highest BCUT2D eigenvalue weighted by Crippen LogP contribution is 2.43. The molecule has 1 unspecified atom stereocenters. The second kappa shape index (κ2) is 7.25. The minimum absolute atomic E-state index is 0.0737. The summed E-state index contributed by atoms with van der Waals surface area (Å²) in [4.78, 5) is 14.3. The molecule has 4 rings (SSSR count). The second-order valence-corrected chi connectivity index (χ2v) is 7.56. The minimum atomic E-state index is -4.65. The average molecular weight is 433 g/mol. The number of benzene rings is 1. The zero-order valence-corrected chi connectivity index (χ0v) is 15.5. The standard InChI is InChI=1S/C18H17F6N5O/c19-11-6-13(21)12(20)4-8(11)3-9(25)5-15(30)29-10-1-2-14(29)16-26-27-17(18(22,23)24)28(16)7-10/h4,6,9-10,14H,1-3,5,7,25H2/t9?,10-,14+/m1/s1. The Hall–Kier alpha value is -2.63. The van der Waals surface area contributed by atoms with Gasteiger partial charge in [0, 0.05) is 25.1 Å². The molecule has 1 fully saturated rings. The Morgan fingerprint density at radius 3 is 2.53 bits per heavy atom. The predicted molar refractivity (Wildman–Crippen MR) is 90.2 cm³/mol. The van der Waals surface area contributed by atoms with Gasteiger partial charge in [0.25, 0.3) is 0 Å². The number of rotatable bonds is 4. The molecule has 2 aliphatic rings. The molecule has 3 atom stereocenters. The first-order valence-corrected chi connectivity index (χ1v) is 9.26. The van der Waals surface area contributed by atoms with E-state index < -0.39 is 53.5 Å². The van der Waals surface area contributed by atoms with Crippen LogP contribution in [-0.4, -0.2) is 37.7 Å². The van der Waals surface area contributed by atoms with Crippen molar-refractivity contribution in [3.63, 3.8) is 0 Å².